The average Bonchev–Trinajstić information content (AvgIpc) is 2.95. The molecule has 0 bridgehead atoms. The number of aliphatic hydroxyl groups excluding tert-OH is 1. The maximum absolute atomic E-state index is 13.1. The standard InChI is InChI=1S/C20H28N2O4/c1-4-26-17(24)9-21-15-8-6-5-7-14(15)18(25)22-10-16-19(2,3)11-20(16,12-22)13-23/h5-8,16,21,23H,4,9-13H2,1-3H3/t16-,20-/m1/s1. The van der Waals surface area contributed by atoms with Crippen molar-refractivity contribution in [1.29, 1.82) is 0 Å². The van der Waals surface area contributed by atoms with Crippen LogP contribution in [0.25, 0.3) is 0 Å². The number of nitrogens with one attached hydrogen (secondary N) is 1. The minimum Gasteiger partial charge on any atom is -0.465 e. The monoisotopic (exact) mass is 360 g/mol. The molecular formula is C20H28N2O4. The summed E-state index contributed by atoms with van der Waals surface area (Å²) in [7, 11) is 0. The molecular weight excluding hydrogens is 332 g/mol. The summed E-state index contributed by atoms with van der Waals surface area (Å²) in [5.41, 5.74) is 1.16. The summed E-state index contributed by atoms with van der Waals surface area (Å²) in [6.45, 7) is 7.89. The molecule has 2 N–H and O–H groups in total. The van der Waals surface area contributed by atoms with E-state index < -0.39 is 0 Å². The summed E-state index contributed by atoms with van der Waals surface area (Å²) in [6.07, 6.45) is 0.938. The van der Waals surface area contributed by atoms with Crippen molar-refractivity contribution in [3.8, 4) is 0 Å². The molecule has 26 heavy (non-hydrogen) atoms. The van der Waals surface area contributed by atoms with Gasteiger partial charge in [0.25, 0.3) is 5.91 Å². The molecule has 6 nitrogen and oxygen atoms in total. The predicted molar refractivity (Wildman–Crippen MR) is 98.9 cm³/mol. The third kappa shape index (κ3) is 3.18. The smallest absolute Gasteiger partial charge is 0.325 e. The van der Waals surface area contributed by atoms with Crippen molar-refractivity contribution in [3.05, 3.63) is 29.8 Å². The number of ether oxygens (including phenoxy) is 1. The van der Waals surface area contributed by atoms with Gasteiger partial charge in [-0.15, -0.1) is 0 Å². The number of para-hydroxylation sites is 1. The number of benzene rings is 1. The highest BCUT2D eigenvalue weighted by Gasteiger charge is 2.63. The molecule has 0 spiro atoms. The van der Waals surface area contributed by atoms with Gasteiger partial charge in [0.05, 0.1) is 18.8 Å². The van der Waals surface area contributed by atoms with Crippen molar-refractivity contribution in [2.45, 2.75) is 27.2 Å². The van der Waals surface area contributed by atoms with E-state index in [0.717, 1.165) is 6.42 Å². The fourth-order valence-electron chi connectivity index (χ4n) is 4.87. The molecule has 1 aliphatic carbocycles. The number of esters is 1. The van der Waals surface area contributed by atoms with Crippen LogP contribution in [-0.4, -0.2) is 54.7 Å². The second-order valence-electron chi connectivity index (χ2n) is 8.13. The number of hydrogen-bond acceptors (Lipinski definition) is 5. The van der Waals surface area contributed by atoms with Crippen LogP contribution in [0.4, 0.5) is 5.69 Å². The van der Waals surface area contributed by atoms with Crippen LogP contribution in [0.2, 0.25) is 0 Å². The molecule has 1 aromatic rings. The van der Waals surface area contributed by atoms with E-state index in [1.54, 1.807) is 19.1 Å². The molecule has 2 fully saturated rings. The van der Waals surface area contributed by atoms with Gasteiger partial charge in [-0.1, -0.05) is 26.0 Å². The number of fused-ring (bicyclic) bond motifs is 1. The molecule has 0 radical (unpaired) electrons. The maximum Gasteiger partial charge on any atom is 0.325 e. The Balaban J connectivity index is 1.74. The molecule has 2 atom stereocenters. The summed E-state index contributed by atoms with van der Waals surface area (Å²) < 4.78 is 4.93. The molecule has 3 rings (SSSR count). The van der Waals surface area contributed by atoms with E-state index in [2.05, 4.69) is 19.2 Å². The summed E-state index contributed by atoms with van der Waals surface area (Å²) in [5, 5.41) is 12.9. The van der Waals surface area contributed by atoms with Gasteiger partial charge in [0, 0.05) is 24.2 Å². The number of carbonyl (C=O) groups is 2. The van der Waals surface area contributed by atoms with Crippen LogP contribution in [-0.2, 0) is 9.53 Å². The number of nitrogens with zero attached hydrogens (tertiary/aromatic N) is 1. The highest BCUT2D eigenvalue weighted by atomic mass is 16.5. The number of rotatable bonds is 6. The van der Waals surface area contributed by atoms with Crippen LogP contribution in [0.5, 0.6) is 0 Å². The normalized spacial score (nSPS) is 26.0. The lowest BCUT2D eigenvalue weighted by atomic mass is 9.48. The van der Waals surface area contributed by atoms with Crippen LogP contribution in [0, 0.1) is 16.7 Å². The van der Waals surface area contributed by atoms with Gasteiger partial charge >= 0.3 is 5.97 Å². The Morgan fingerprint density at radius 3 is 2.69 bits per heavy atom. The first-order valence-electron chi connectivity index (χ1n) is 9.21. The van der Waals surface area contributed by atoms with Crippen molar-refractivity contribution >= 4 is 17.6 Å². The molecule has 1 heterocycles. The molecule has 1 saturated heterocycles. The van der Waals surface area contributed by atoms with E-state index in [1.807, 2.05) is 17.0 Å². The number of aliphatic hydroxyl groups is 1. The zero-order valence-electron chi connectivity index (χ0n) is 15.7. The largest absolute Gasteiger partial charge is 0.465 e. The maximum atomic E-state index is 13.1. The fraction of sp³-hybridized carbons (Fsp3) is 0.600. The molecule has 1 aliphatic heterocycles. The molecule has 6 heteroatoms. The van der Waals surface area contributed by atoms with Crippen molar-refractivity contribution in [2.24, 2.45) is 16.7 Å². The number of hydrogen-bond donors (Lipinski definition) is 2. The lowest BCUT2D eigenvalue weighted by molar-refractivity contribution is -0.140. The van der Waals surface area contributed by atoms with Crippen LogP contribution in [0.1, 0.15) is 37.6 Å². The zero-order chi connectivity index (χ0) is 18.9. The highest BCUT2D eigenvalue weighted by Crippen LogP contribution is 2.62. The van der Waals surface area contributed by atoms with Gasteiger partial charge in [0.2, 0.25) is 0 Å². The van der Waals surface area contributed by atoms with E-state index in [0.29, 0.717) is 36.9 Å². The zero-order valence-corrected chi connectivity index (χ0v) is 15.7. The van der Waals surface area contributed by atoms with Crippen molar-refractivity contribution < 1.29 is 19.4 Å². The average molecular weight is 360 g/mol. The van der Waals surface area contributed by atoms with Crippen molar-refractivity contribution in [2.75, 3.05) is 38.2 Å². The molecule has 0 unspecified atom stereocenters. The minimum absolute atomic E-state index is 0.0222. The number of carbonyl (C=O) groups excluding carboxylic acids is 2. The summed E-state index contributed by atoms with van der Waals surface area (Å²) in [6, 6.07) is 7.21. The Hall–Kier alpha value is -2.08. The number of amides is 1. The number of anilines is 1. The van der Waals surface area contributed by atoms with Gasteiger partial charge in [-0.05, 0) is 36.8 Å². The fourth-order valence-corrected chi connectivity index (χ4v) is 4.87. The highest BCUT2D eigenvalue weighted by molar-refractivity contribution is 6.00. The number of likely N-dealkylation sites (tertiary alicyclic amines) is 1. The molecule has 1 aromatic carbocycles. The Labute approximate surface area is 154 Å². The van der Waals surface area contributed by atoms with Gasteiger partial charge < -0.3 is 20.1 Å². The minimum atomic E-state index is -0.352. The Kier molecular flexibility index (Phi) is 4.97. The third-order valence-corrected chi connectivity index (χ3v) is 5.89. The Bertz CT molecular complexity index is 703. The summed E-state index contributed by atoms with van der Waals surface area (Å²) in [4.78, 5) is 26.6. The van der Waals surface area contributed by atoms with Crippen molar-refractivity contribution in [1.82, 2.24) is 4.90 Å². The van der Waals surface area contributed by atoms with E-state index in [4.69, 9.17) is 4.74 Å². The summed E-state index contributed by atoms with van der Waals surface area (Å²) >= 11 is 0. The first kappa shape index (κ1) is 18.7. The predicted octanol–water partition coefficient (Wildman–Crippen LogP) is 2.14. The van der Waals surface area contributed by atoms with Crippen LogP contribution >= 0.6 is 0 Å². The third-order valence-electron chi connectivity index (χ3n) is 5.89. The second kappa shape index (κ2) is 6.91. The molecule has 1 amide bonds. The van der Waals surface area contributed by atoms with Gasteiger partial charge in [0.15, 0.2) is 0 Å². The molecule has 2 aliphatic rings. The second-order valence-corrected chi connectivity index (χ2v) is 8.13. The summed E-state index contributed by atoms with van der Waals surface area (Å²) in [5.74, 6) is -0.0893. The first-order valence-corrected chi connectivity index (χ1v) is 9.21. The topological polar surface area (TPSA) is 78.9 Å². The van der Waals surface area contributed by atoms with Gasteiger partial charge in [-0.2, -0.15) is 0 Å². The van der Waals surface area contributed by atoms with Crippen molar-refractivity contribution in [3.63, 3.8) is 0 Å². The van der Waals surface area contributed by atoms with E-state index >= 15 is 0 Å². The van der Waals surface area contributed by atoms with E-state index in [-0.39, 0.29) is 35.9 Å². The van der Waals surface area contributed by atoms with Gasteiger partial charge in [-0.3, -0.25) is 9.59 Å². The Morgan fingerprint density at radius 2 is 2.08 bits per heavy atom. The molecule has 1 saturated carbocycles. The van der Waals surface area contributed by atoms with Gasteiger partial charge in [0.1, 0.15) is 6.54 Å². The molecule has 142 valence electrons. The first-order chi connectivity index (χ1) is 12.3. The van der Waals surface area contributed by atoms with E-state index in [9.17, 15) is 14.7 Å². The SMILES string of the molecule is CCOC(=O)CNc1ccccc1C(=O)N1C[C@@H]2C(C)(C)C[C@]2(CO)C1. The molecule has 0 aromatic heterocycles. The van der Waals surface area contributed by atoms with Gasteiger partial charge in [-0.25, -0.2) is 0 Å². The van der Waals surface area contributed by atoms with E-state index in [1.165, 1.54) is 0 Å². The lowest BCUT2D eigenvalue weighted by Gasteiger charge is -2.55. The quantitative estimate of drug-likeness (QED) is 0.760. The Morgan fingerprint density at radius 1 is 1.35 bits per heavy atom. The lowest BCUT2D eigenvalue weighted by Crippen LogP contribution is -2.54. The van der Waals surface area contributed by atoms with Crippen LogP contribution in [0.15, 0.2) is 24.3 Å². The van der Waals surface area contributed by atoms with Crippen LogP contribution < -0.4 is 5.32 Å². The van der Waals surface area contributed by atoms with Crippen LogP contribution in [0.3, 0.4) is 0 Å².